The average molecular weight is 361 g/mol. The van der Waals surface area contributed by atoms with Crippen molar-refractivity contribution >= 4 is 0 Å². The Morgan fingerprint density at radius 2 is 1.50 bits per heavy atom. The fourth-order valence-corrected chi connectivity index (χ4v) is 6.61. The van der Waals surface area contributed by atoms with E-state index in [-0.39, 0.29) is 0 Å². The quantitative estimate of drug-likeness (QED) is 0.811. The lowest BCUT2D eigenvalue weighted by Crippen LogP contribution is -2.91. The molecule has 0 unspecified atom stereocenters. The third-order valence-electron chi connectivity index (χ3n) is 7.53. The van der Waals surface area contributed by atoms with E-state index >= 15 is 0 Å². The molecule has 26 heavy (non-hydrogen) atoms. The molecule has 0 radical (unpaired) electrons. The third kappa shape index (κ3) is 2.96. The van der Waals surface area contributed by atoms with Gasteiger partial charge in [-0.05, 0) is 75.3 Å². The largest absolute Gasteiger partial charge is 0.493 e. The molecule has 4 aliphatic rings. The van der Waals surface area contributed by atoms with E-state index in [4.69, 9.17) is 14.2 Å². The van der Waals surface area contributed by atoms with Crippen LogP contribution in [-0.4, -0.2) is 27.4 Å². The van der Waals surface area contributed by atoms with Gasteiger partial charge in [0, 0.05) is 5.41 Å². The van der Waals surface area contributed by atoms with E-state index < -0.39 is 0 Å². The van der Waals surface area contributed by atoms with Crippen molar-refractivity contribution in [3.05, 3.63) is 17.7 Å². The van der Waals surface area contributed by atoms with E-state index in [1.807, 2.05) is 6.07 Å². The molecule has 0 heterocycles. The maximum absolute atomic E-state index is 5.67. The number of hydrogen-bond acceptors (Lipinski definition) is 3. The van der Waals surface area contributed by atoms with Crippen LogP contribution < -0.4 is 19.5 Å². The van der Waals surface area contributed by atoms with Crippen LogP contribution in [0.3, 0.4) is 0 Å². The maximum atomic E-state index is 5.67. The van der Waals surface area contributed by atoms with Gasteiger partial charge in [-0.25, -0.2) is 0 Å². The molecule has 4 heteroatoms. The highest BCUT2D eigenvalue weighted by atomic mass is 16.5. The Kier molecular flexibility index (Phi) is 4.81. The zero-order valence-electron chi connectivity index (χ0n) is 16.7. The van der Waals surface area contributed by atoms with Gasteiger partial charge in [0.25, 0.3) is 0 Å². The summed E-state index contributed by atoms with van der Waals surface area (Å²) >= 11 is 0. The van der Waals surface area contributed by atoms with E-state index in [0.717, 1.165) is 35.8 Å². The molecule has 0 saturated heterocycles. The van der Waals surface area contributed by atoms with Crippen LogP contribution in [0.15, 0.2) is 12.1 Å². The zero-order chi connectivity index (χ0) is 18.3. The first-order valence-corrected chi connectivity index (χ1v) is 10.2. The topological polar surface area (TPSA) is 44.3 Å². The van der Waals surface area contributed by atoms with Gasteiger partial charge in [0.15, 0.2) is 11.5 Å². The fraction of sp³-hybridized carbons (Fsp3) is 0.727. The predicted octanol–water partition coefficient (Wildman–Crippen LogP) is 3.38. The lowest BCUT2D eigenvalue weighted by molar-refractivity contribution is -0.717. The third-order valence-corrected chi connectivity index (χ3v) is 7.53. The first-order valence-electron chi connectivity index (χ1n) is 10.2. The number of ether oxygens (including phenoxy) is 3. The summed E-state index contributed by atoms with van der Waals surface area (Å²) in [6, 6.07) is 4.76. The average Bonchev–Trinajstić information content (AvgIpc) is 2.63. The molecule has 0 amide bonds. The number of methoxy groups -OCH3 is 3. The lowest BCUT2D eigenvalue weighted by atomic mass is 9.48. The van der Waals surface area contributed by atoms with Crippen LogP contribution in [0.4, 0.5) is 0 Å². The van der Waals surface area contributed by atoms with E-state index in [0.29, 0.717) is 17.2 Å². The van der Waals surface area contributed by atoms with Crippen LogP contribution in [0, 0.1) is 23.2 Å². The van der Waals surface area contributed by atoms with Crippen molar-refractivity contribution < 1.29 is 19.5 Å². The summed E-state index contributed by atoms with van der Waals surface area (Å²) in [5.74, 6) is 5.25. The van der Waals surface area contributed by atoms with Crippen LogP contribution in [-0.2, 0) is 6.54 Å². The molecule has 0 spiro atoms. The normalized spacial score (nSPS) is 33.2. The molecule has 4 bridgehead atoms. The summed E-state index contributed by atoms with van der Waals surface area (Å²) in [6.45, 7) is 3.38. The minimum absolute atomic E-state index is 0.568. The minimum Gasteiger partial charge on any atom is -0.493 e. The van der Waals surface area contributed by atoms with Gasteiger partial charge in [-0.1, -0.05) is 0 Å². The molecule has 4 nitrogen and oxygen atoms in total. The number of quaternary nitrogens is 1. The Labute approximate surface area is 157 Å². The van der Waals surface area contributed by atoms with Gasteiger partial charge in [-0.2, -0.15) is 0 Å². The predicted molar refractivity (Wildman–Crippen MR) is 102 cm³/mol. The van der Waals surface area contributed by atoms with Crippen molar-refractivity contribution in [3.8, 4) is 17.2 Å². The van der Waals surface area contributed by atoms with E-state index in [2.05, 4.69) is 18.3 Å². The van der Waals surface area contributed by atoms with Gasteiger partial charge < -0.3 is 19.5 Å². The summed E-state index contributed by atoms with van der Waals surface area (Å²) < 4.78 is 16.6. The fourth-order valence-electron chi connectivity index (χ4n) is 6.61. The Morgan fingerprint density at radius 3 is 2.00 bits per heavy atom. The molecular weight excluding hydrogens is 326 g/mol. The van der Waals surface area contributed by atoms with Crippen LogP contribution in [0.5, 0.6) is 17.2 Å². The Hall–Kier alpha value is -1.42. The lowest BCUT2D eigenvalue weighted by Gasteiger charge is -2.57. The molecular formula is C22H34NO3+. The molecule has 4 saturated carbocycles. The van der Waals surface area contributed by atoms with Crippen molar-refractivity contribution in [1.29, 1.82) is 0 Å². The number of nitrogens with two attached hydrogens (primary N) is 1. The molecule has 1 aromatic carbocycles. The molecule has 4 fully saturated rings. The second-order valence-electron chi connectivity index (χ2n) is 9.00. The highest BCUT2D eigenvalue weighted by Gasteiger charge is 2.54. The van der Waals surface area contributed by atoms with Gasteiger partial charge in [-0.15, -0.1) is 0 Å². The standard InChI is InChI=1S/C22H33NO3/c1-14(22-10-15-7-16(11-22)9-17(8-15)12-22)23-13-18-5-6-19(24-2)21(26-4)20(18)25-3/h5-6,14-17,23H,7-13H2,1-4H3/p+1/t14-,15?,16?,17?,22?/m0/s1. The van der Waals surface area contributed by atoms with Crippen molar-refractivity contribution in [2.24, 2.45) is 23.2 Å². The van der Waals surface area contributed by atoms with E-state index in [9.17, 15) is 0 Å². The maximum Gasteiger partial charge on any atom is 0.203 e. The highest BCUT2D eigenvalue weighted by Crippen LogP contribution is 2.60. The summed E-state index contributed by atoms with van der Waals surface area (Å²) in [7, 11) is 5.05. The van der Waals surface area contributed by atoms with Crippen LogP contribution in [0.1, 0.15) is 51.0 Å². The smallest absolute Gasteiger partial charge is 0.203 e. The Balaban J connectivity index is 1.49. The first-order chi connectivity index (χ1) is 12.6. The summed E-state index contributed by atoms with van der Waals surface area (Å²) in [5.41, 5.74) is 1.75. The van der Waals surface area contributed by atoms with E-state index in [1.54, 1.807) is 21.3 Å². The molecule has 2 N–H and O–H groups in total. The molecule has 144 valence electrons. The molecule has 0 aliphatic heterocycles. The Morgan fingerprint density at radius 1 is 0.923 bits per heavy atom. The van der Waals surface area contributed by atoms with Gasteiger partial charge in [0.1, 0.15) is 6.54 Å². The van der Waals surface area contributed by atoms with Crippen LogP contribution in [0.2, 0.25) is 0 Å². The molecule has 5 rings (SSSR count). The SMILES string of the molecule is COc1ccc(C[NH2+][C@@H](C)C23CC4CC(CC(C4)C2)C3)c(OC)c1OC. The Bertz CT molecular complexity index is 622. The van der Waals surface area contributed by atoms with Gasteiger partial charge in [-0.3, -0.25) is 0 Å². The van der Waals surface area contributed by atoms with Crippen molar-refractivity contribution in [2.45, 2.75) is 58.0 Å². The van der Waals surface area contributed by atoms with Gasteiger partial charge in [0.05, 0.1) is 32.9 Å². The number of rotatable bonds is 7. The van der Waals surface area contributed by atoms with Crippen LogP contribution >= 0.6 is 0 Å². The molecule has 1 atom stereocenters. The first kappa shape index (κ1) is 18.0. The van der Waals surface area contributed by atoms with Crippen LogP contribution in [0.25, 0.3) is 0 Å². The molecule has 4 aliphatic carbocycles. The molecule has 1 aromatic rings. The minimum atomic E-state index is 0.568. The zero-order valence-corrected chi connectivity index (χ0v) is 16.7. The summed E-state index contributed by atoms with van der Waals surface area (Å²) in [6.07, 6.45) is 8.90. The van der Waals surface area contributed by atoms with E-state index in [1.165, 1.54) is 44.1 Å². The monoisotopic (exact) mass is 360 g/mol. The number of benzene rings is 1. The summed E-state index contributed by atoms with van der Waals surface area (Å²) in [5, 5.41) is 2.54. The van der Waals surface area contributed by atoms with Crippen molar-refractivity contribution in [3.63, 3.8) is 0 Å². The second-order valence-corrected chi connectivity index (χ2v) is 9.00. The van der Waals surface area contributed by atoms with Gasteiger partial charge >= 0.3 is 0 Å². The van der Waals surface area contributed by atoms with Crippen molar-refractivity contribution in [1.82, 2.24) is 0 Å². The highest BCUT2D eigenvalue weighted by molar-refractivity contribution is 5.55. The van der Waals surface area contributed by atoms with Gasteiger partial charge in [0.2, 0.25) is 5.75 Å². The number of hydrogen-bond donors (Lipinski definition) is 1. The second kappa shape index (κ2) is 6.95. The summed E-state index contributed by atoms with van der Waals surface area (Å²) in [4.78, 5) is 0. The molecule has 0 aromatic heterocycles. The van der Waals surface area contributed by atoms with Crippen molar-refractivity contribution in [2.75, 3.05) is 21.3 Å².